The zero-order valence-corrected chi connectivity index (χ0v) is 15.6. The van der Waals surface area contributed by atoms with E-state index in [2.05, 4.69) is 16.7 Å². The molecule has 0 bridgehead atoms. The number of nitriles is 1. The number of carbonyl (C=O) groups is 2. The summed E-state index contributed by atoms with van der Waals surface area (Å²) in [7, 11) is 0. The van der Waals surface area contributed by atoms with Crippen LogP contribution in [-0.2, 0) is 22.4 Å². The van der Waals surface area contributed by atoms with Crippen LogP contribution >= 0.6 is 23.1 Å². The fraction of sp³-hybridized carbons (Fsp3) is 0.316. The molecule has 0 fully saturated rings. The van der Waals surface area contributed by atoms with Gasteiger partial charge in [0.05, 0.1) is 16.5 Å². The predicted molar refractivity (Wildman–Crippen MR) is 104 cm³/mol. The molecule has 2 aliphatic rings. The number of thioether (sulfide) groups is 1. The number of nitrogens with one attached hydrogen (secondary N) is 2. The van der Waals surface area contributed by atoms with Crippen molar-refractivity contribution in [2.45, 2.75) is 42.2 Å². The molecular weight excluding hydrogens is 366 g/mol. The van der Waals surface area contributed by atoms with E-state index in [1.54, 1.807) is 0 Å². The molecule has 5 nitrogen and oxygen atoms in total. The number of fused-ring (bicyclic) bond motifs is 2. The first kappa shape index (κ1) is 17.1. The second kappa shape index (κ2) is 7.14. The largest absolute Gasteiger partial charge is 0.324 e. The minimum absolute atomic E-state index is 0.0816. The van der Waals surface area contributed by atoms with Gasteiger partial charge in [-0.15, -0.1) is 23.1 Å². The number of rotatable bonds is 3. The fourth-order valence-electron chi connectivity index (χ4n) is 3.35. The van der Waals surface area contributed by atoms with Gasteiger partial charge in [0.25, 0.3) is 0 Å². The molecule has 2 aromatic rings. The highest BCUT2D eigenvalue weighted by molar-refractivity contribution is 8.01. The van der Waals surface area contributed by atoms with E-state index in [0.717, 1.165) is 41.8 Å². The van der Waals surface area contributed by atoms with Crippen LogP contribution in [0.2, 0.25) is 0 Å². The lowest BCUT2D eigenvalue weighted by molar-refractivity contribution is -0.120. The van der Waals surface area contributed by atoms with E-state index in [9.17, 15) is 14.9 Å². The molecule has 2 heterocycles. The van der Waals surface area contributed by atoms with E-state index >= 15 is 0 Å². The van der Waals surface area contributed by atoms with Crippen molar-refractivity contribution >= 4 is 45.6 Å². The molecule has 1 aliphatic carbocycles. The molecule has 2 amide bonds. The van der Waals surface area contributed by atoms with Crippen molar-refractivity contribution in [2.24, 2.45) is 0 Å². The molecule has 2 N–H and O–H groups in total. The Morgan fingerprint density at radius 3 is 2.96 bits per heavy atom. The quantitative estimate of drug-likeness (QED) is 0.841. The minimum atomic E-state index is -0.468. The lowest BCUT2D eigenvalue weighted by Gasteiger charge is -2.23. The molecular formula is C19H17N3O2S2. The predicted octanol–water partition coefficient (Wildman–Crippen LogP) is 3.94. The number of hydrogen-bond donors (Lipinski definition) is 2. The first-order valence-electron chi connectivity index (χ1n) is 8.56. The summed E-state index contributed by atoms with van der Waals surface area (Å²) in [6.45, 7) is 0. The van der Waals surface area contributed by atoms with Crippen LogP contribution in [0.5, 0.6) is 0 Å². The highest BCUT2D eigenvalue weighted by Crippen LogP contribution is 2.39. The van der Waals surface area contributed by atoms with Gasteiger partial charge in [0.1, 0.15) is 11.1 Å². The van der Waals surface area contributed by atoms with Crippen LogP contribution in [0.4, 0.5) is 10.7 Å². The summed E-state index contributed by atoms with van der Waals surface area (Å²) in [4.78, 5) is 27.0. The molecule has 132 valence electrons. The fourth-order valence-corrected chi connectivity index (χ4v) is 5.71. The summed E-state index contributed by atoms with van der Waals surface area (Å²) in [5.41, 5.74) is 2.48. The number of thiophene rings is 1. The lowest BCUT2D eigenvalue weighted by atomic mass is 9.96. The second-order valence-corrected chi connectivity index (χ2v) is 8.72. The highest BCUT2D eigenvalue weighted by atomic mass is 32.2. The van der Waals surface area contributed by atoms with Gasteiger partial charge in [0.15, 0.2) is 0 Å². The Hall–Kier alpha value is -2.30. The van der Waals surface area contributed by atoms with Crippen LogP contribution in [0.3, 0.4) is 0 Å². The van der Waals surface area contributed by atoms with Crippen LogP contribution < -0.4 is 10.6 Å². The smallest absolute Gasteiger partial charge is 0.238 e. The Balaban J connectivity index is 1.48. The second-order valence-electron chi connectivity index (χ2n) is 6.37. The summed E-state index contributed by atoms with van der Waals surface area (Å²) in [6.07, 6.45) is 4.18. The van der Waals surface area contributed by atoms with Crippen molar-refractivity contribution in [3.05, 3.63) is 40.3 Å². The van der Waals surface area contributed by atoms with Crippen molar-refractivity contribution in [3.63, 3.8) is 0 Å². The monoisotopic (exact) mass is 383 g/mol. The van der Waals surface area contributed by atoms with Gasteiger partial charge in [-0.05, 0) is 43.4 Å². The number of benzene rings is 1. The van der Waals surface area contributed by atoms with Crippen LogP contribution in [0, 0.1) is 11.3 Å². The summed E-state index contributed by atoms with van der Waals surface area (Å²) >= 11 is 2.91. The first-order chi connectivity index (χ1) is 12.7. The molecule has 0 saturated heterocycles. The summed E-state index contributed by atoms with van der Waals surface area (Å²) < 4.78 is 0. The van der Waals surface area contributed by atoms with E-state index in [0.29, 0.717) is 10.6 Å². The number of amides is 2. The average molecular weight is 383 g/mol. The number of aryl methyl sites for hydroxylation is 1. The molecule has 26 heavy (non-hydrogen) atoms. The maximum absolute atomic E-state index is 12.5. The average Bonchev–Trinajstić information content (AvgIpc) is 2.99. The molecule has 1 aliphatic heterocycles. The molecule has 4 rings (SSSR count). The molecule has 1 atom stereocenters. The van der Waals surface area contributed by atoms with Crippen LogP contribution in [0.15, 0.2) is 29.2 Å². The number of hydrogen-bond acceptors (Lipinski definition) is 5. The third kappa shape index (κ3) is 3.22. The number of carbonyl (C=O) groups excluding carboxylic acids is 2. The zero-order valence-electron chi connectivity index (χ0n) is 14.0. The normalized spacial score (nSPS) is 18.3. The Kier molecular flexibility index (Phi) is 4.70. The molecule has 0 radical (unpaired) electrons. The molecule has 0 saturated carbocycles. The zero-order chi connectivity index (χ0) is 18.1. The van der Waals surface area contributed by atoms with Crippen LogP contribution in [0.1, 0.15) is 35.3 Å². The van der Waals surface area contributed by atoms with Gasteiger partial charge in [-0.3, -0.25) is 9.59 Å². The van der Waals surface area contributed by atoms with Crippen molar-refractivity contribution in [2.75, 3.05) is 10.6 Å². The number of nitrogens with zero attached hydrogens (tertiary/aromatic N) is 1. The summed E-state index contributed by atoms with van der Waals surface area (Å²) in [5.74, 6) is -0.387. The lowest BCUT2D eigenvalue weighted by Crippen LogP contribution is -2.32. The van der Waals surface area contributed by atoms with Crippen molar-refractivity contribution < 1.29 is 9.59 Å². The van der Waals surface area contributed by atoms with Crippen LogP contribution in [-0.4, -0.2) is 17.1 Å². The van der Waals surface area contributed by atoms with Gasteiger partial charge in [0.2, 0.25) is 11.8 Å². The van der Waals surface area contributed by atoms with Crippen molar-refractivity contribution in [1.29, 1.82) is 5.26 Å². The SMILES string of the molecule is N#Cc1c(NC(=O)C[C@H]2Sc3ccccc3NC2=O)sc2c1CCCC2. The topological polar surface area (TPSA) is 82.0 Å². The van der Waals surface area contributed by atoms with E-state index in [4.69, 9.17) is 0 Å². The standard InChI is InChI=1S/C19H17N3O2S2/c20-10-12-11-5-1-3-7-14(11)26-19(12)22-17(23)9-16-18(24)21-13-6-2-4-8-15(13)25-16/h2,4,6,8,16H,1,3,5,7,9H2,(H,21,24)(H,22,23)/t16-/m1/s1. The number of para-hydroxylation sites is 1. The van der Waals surface area contributed by atoms with E-state index in [-0.39, 0.29) is 18.2 Å². The Labute approximate surface area is 159 Å². The third-order valence-electron chi connectivity index (χ3n) is 4.61. The van der Waals surface area contributed by atoms with Gasteiger partial charge in [-0.25, -0.2) is 0 Å². The van der Waals surface area contributed by atoms with Crippen molar-refractivity contribution in [1.82, 2.24) is 0 Å². The minimum Gasteiger partial charge on any atom is -0.324 e. The van der Waals surface area contributed by atoms with E-state index in [1.807, 2.05) is 24.3 Å². The first-order valence-corrected chi connectivity index (χ1v) is 10.3. The highest BCUT2D eigenvalue weighted by Gasteiger charge is 2.29. The maximum atomic E-state index is 12.5. The Morgan fingerprint density at radius 1 is 1.31 bits per heavy atom. The van der Waals surface area contributed by atoms with Crippen LogP contribution in [0.25, 0.3) is 0 Å². The molecule has 1 aromatic heterocycles. The van der Waals surface area contributed by atoms with Gasteiger partial charge >= 0.3 is 0 Å². The number of anilines is 2. The van der Waals surface area contributed by atoms with Gasteiger partial charge in [0, 0.05) is 16.2 Å². The molecule has 0 spiro atoms. The van der Waals surface area contributed by atoms with Gasteiger partial charge < -0.3 is 10.6 Å². The van der Waals surface area contributed by atoms with Gasteiger partial charge in [-0.2, -0.15) is 5.26 Å². The molecule has 0 unspecified atom stereocenters. The summed E-state index contributed by atoms with van der Waals surface area (Å²) in [5, 5.41) is 15.4. The third-order valence-corrected chi connectivity index (χ3v) is 7.10. The van der Waals surface area contributed by atoms with E-state index in [1.165, 1.54) is 28.0 Å². The Morgan fingerprint density at radius 2 is 2.12 bits per heavy atom. The molecule has 1 aromatic carbocycles. The molecule has 7 heteroatoms. The van der Waals surface area contributed by atoms with Gasteiger partial charge in [-0.1, -0.05) is 12.1 Å². The maximum Gasteiger partial charge on any atom is 0.238 e. The summed E-state index contributed by atoms with van der Waals surface area (Å²) in [6, 6.07) is 9.82. The van der Waals surface area contributed by atoms with E-state index < -0.39 is 5.25 Å². The Bertz CT molecular complexity index is 929. The van der Waals surface area contributed by atoms with Crippen molar-refractivity contribution in [3.8, 4) is 6.07 Å².